The zero-order valence-electron chi connectivity index (χ0n) is 18.2. The molecule has 0 saturated carbocycles. The summed E-state index contributed by atoms with van der Waals surface area (Å²) in [6.45, 7) is 4.35. The summed E-state index contributed by atoms with van der Waals surface area (Å²) >= 11 is 0. The van der Waals surface area contributed by atoms with Crippen LogP contribution in [0.2, 0.25) is 0 Å². The van der Waals surface area contributed by atoms with Crippen LogP contribution in [0.3, 0.4) is 0 Å². The lowest BCUT2D eigenvalue weighted by Crippen LogP contribution is -2.33. The van der Waals surface area contributed by atoms with E-state index < -0.39 is 11.8 Å². The van der Waals surface area contributed by atoms with Gasteiger partial charge in [-0.05, 0) is 55.8 Å². The lowest BCUT2D eigenvalue weighted by molar-refractivity contribution is -0.120. The molecule has 0 spiro atoms. The van der Waals surface area contributed by atoms with Gasteiger partial charge in [0.15, 0.2) is 0 Å². The van der Waals surface area contributed by atoms with Crippen LogP contribution in [0.4, 0.5) is 11.4 Å². The molecule has 32 heavy (non-hydrogen) atoms. The molecule has 0 bridgehead atoms. The number of aryl methyl sites for hydroxylation is 1. The summed E-state index contributed by atoms with van der Waals surface area (Å²) in [5.41, 5.74) is 3.08. The summed E-state index contributed by atoms with van der Waals surface area (Å²) in [5, 5.41) is 3.17. The van der Waals surface area contributed by atoms with Gasteiger partial charge >= 0.3 is 0 Å². The first-order chi connectivity index (χ1) is 15.5. The topological polar surface area (TPSA) is 67.9 Å². The average molecular weight is 428 g/mol. The summed E-state index contributed by atoms with van der Waals surface area (Å²) in [6, 6.07) is 21.8. The van der Waals surface area contributed by atoms with E-state index >= 15 is 0 Å². The Morgan fingerprint density at radius 1 is 0.875 bits per heavy atom. The van der Waals surface area contributed by atoms with E-state index in [0.717, 1.165) is 11.3 Å². The quantitative estimate of drug-likeness (QED) is 0.548. The number of ether oxygens (including phenoxy) is 2. The van der Waals surface area contributed by atoms with Gasteiger partial charge in [-0.1, -0.05) is 36.4 Å². The third-order valence-electron chi connectivity index (χ3n) is 5.25. The number of benzene rings is 3. The molecule has 0 fully saturated rings. The van der Waals surface area contributed by atoms with E-state index in [-0.39, 0.29) is 11.3 Å². The fourth-order valence-corrected chi connectivity index (χ4v) is 3.73. The van der Waals surface area contributed by atoms with Crippen LogP contribution in [0.25, 0.3) is 5.57 Å². The van der Waals surface area contributed by atoms with Crippen LogP contribution in [0, 0.1) is 6.92 Å². The van der Waals surface area contributed by atoms with E-state index in [0.29, 0.717) is 29.3 Å². The number of anilines is 2. The maximum Gasteiger partial charge on any atom is 0.282 e. The molecule has 2 amide bonds. The zero-order chi connectivity index (χ0) is 22.7. The molecule has 0 saturated heterocycles. The Morgan fingerprint density at radius 2 is 1.56 bits per heavy atom. The van der Waals surface area contributed by atoms with Crippen LogP contribution in [0.15, 0.2) is 78.5 Å². The lowest BCUT2D eigenvalue weighted by atomic mass is 10.0. The highest BCUT2D eigenvalue weighted by atomic mass is 16.5. The Kier molecular flexibility index (Phi) is 5.94. The normalized spacial score (nSPS) is 13.5. The van der Waals surface area contributed by atoms with Gasteiger partial charge < -0.3 is 14.8 Å². The first-order valence-electron chi connectivity index (χ1n) is 10.4. The molecule has 1 aliphatic rings. The van der Waals surface area contributed by atoms with Gasteiger partial charge in [0.25, 0.3) is 11.8 Å². The number of nitrogens with one attached hydrogen (secondary N) is 1. The smallest absolute Gasteiger partial charge is 0.282 e. The summed E-state index contributed by atoms with van der Waals surface area (Å²) in [7, 11) is 1.54. The predicted molar refractivity (Wildman–Crippen MR) is 125 cm³/mol. The molecule has 3 aromatic carbocycles. The number of para-hydroxylation sites is 2. The summed E-state index contributed by atoms with van der Waals surface area (Å²) in [6.07, 6.45) is 0. The minimum Gasteiger partial charge on any atom is -0.496 e. The molecule has 1 heterocycles. The number of rotatable bonds is 7. The molecule has 0 aromatic heterocycles. The van der Waals surface area contributed by atoms with Crippen molar-refractivity contribution in [3.05, 3.63) is 89.6 Å². The predicted octanol–water partition coefficient (Wildman–Crippen LogP) is 4.80. The van der Waals surface area contributed by atoms with Crippen LogP contribution in [-0.2, 0) is 9.59 Å². The van der Waals surface area contributed by atoms with Gasteiger partial charge in [0, 0.05) is 11.3 Å². The van der Waals surface area contributed by atoms with E-state index in [2.05, 4.69) is 5.32 Å². The SMILES string of the molecule is CCOc1ccc(NC2=C(c3ccccc3OC)C(=O)N(c3ccccc3C)C2=O)cc1. The van der Waals surface area contributed by atoms with E-state index in [9.17, 15) is 9.59 Å². The highest BCUT2D eigenvalue weighted by molar-refractivity contribution is 6.46. The van der Waals surface area contributed by atoms with Crippen molar-refractivity contribution in [2.24, 2.45) is 0 Å². The second kappa shape index (κ2) is 8.98. The maximum absolute atomic E-state index is 13.6. The molecule has 0 unspecified atom stereocenters. The molecule has 6 nitrogen and oxygen atoms in total. The van der Waals surface area contributed by atoms with Gasteiger partial charge in [0.2, 0.25) is 0 Å². The molecule has 0 atom stereocenters. The van der Waals surface area contributed by atoms with Crippen LogP contribution in [0.1, 0.15) is 18.1 Å². The van der Waals surface area contributed by atoms with Crippen LogP contribution in [-0.4, -0.2) is 25.5 Å². The van der Waals surface area contributed by atoms with Gasteiger partial charge in [0.05, 0.1) is 25.0 Å². The zero-order valence-corrected chi connectivity index (χ0v) is 18.2. The fourth-order valence-electron chi connectivity index (χ4n) is 3.73. The number of methoxy groups -OCH3 is 1. The van der Waals surface area contributed by atoms with Crippen molar-refractivity contribution < 1.29 is 19.1 Å². The Labute approximate surface area is 187 Å². The first kappa shape index (κ1) is 21.2. The Hall–Kier alpha value is -4.06. The fraction of sp³-hybridized carbons (Fsp3) is 0.154. The number of imide groups is 1. The van der Waals surface area contributed by atoms with Gasteiger partial charge in [-0.15, -0.1) is 0 Å². The number of carbonyl (C=O) groups excluding carboxylic acids is 2. The third-order valence-corrected chi connectivity index (χ3v) is 5.25. The molecule has 0 radical (unpaired) electrons. The minimum absolute atomic E-state index is 0.201. The van der Waals surface area contributed by atoms with E-state index in [1.165, 1.54) is 4.90 Å². The molecule has 1 aliphatic heterocycles. The second-order valence-electron chi connectivity index (χ2n) is 7.26. The first-order valence-corrected chi connectivity index (χ1v) is 10.4. The second-order valence-corrected chi connectivity index (χ2v) is 7.26. The van der Waals surface area contributed by atoms with Gasteiger partial charge in [0.1, 0.15) is 17.2 Å². The van der Waals surface area contributed by atoms with Crippen LogP contribution < -0.4 is 19.7 Å². The largest absolute Gasteiger partial charge is 0.496 e. The van der Waals surface area contributed by atoms with Crippen molar-refractivity contribution in [2.45, 2.75) is 13.8 Å². The minimum atomic E-state index is -0.418. The van der Waals surface area contributed by atoms with Crippen molar-refractivity contribution in [2.75, 3.05) is 23.9 Å². The standard InChI is InChI=1S/C26H24N2O4/c1-4-32-19-15-13-18(14-16-19)27-24-23(20-10-6-8-12-22(20)31-3)25(29)28(26(24)30)21-11-7-5-9-17(21)2/h5-16,27H,4H2,1-3H3. The number of carbonyl (C=O) groups is 2. The number of hydrogen-bond acceptors (Lipinski definition) is 5. The molecular weight excluding hydrogens is 404 g/mol. The van der Waals surface area contributed by atoms with Gasteiger partial charge in [-0.3, -0.25) is 9.59 Å². The Balaban J connectivity index is 1.82. The number of hydrogen-bond donors (Lipinski definition) is 1. The van der Waals surface area contributed by atoms with Crippen molar-refractivity contribution >= 4 is 28.8 Å². The number of nitrogens with zero attached hydrogens (tertiary/aromatic N) is 1. The summed E-state index contributed by atoms with van der Waals surface area (Å²) in [5.74, 6) is 0.426. The van der Waals surface area contributed by atoms with Crippen molar-refractivity contribution in [1.82, 2.24) is 0 Å². The lowest BCUT2D eigenvalue weighted by Gasteiger charge is -2.18. The highest BCUT2D eigenvalue weighted by Gasteiger charge is 2.41. The maximum atomic E-state index is 13.6. The molecular formula is C26H24N2O4. The molecule has 162 valence electrons. The van der Waals surface area contributed by atoms with Crippen molar-refractivity contribution in [1.29, 1.82) is 0 Å². The highest BCUT2D eigenvalue weighted by Crippen LogP contribution is 2.38. The van der Waals surface area contributed by atoms with Crippen LogP contribution in [0.5, 0.6) is 11.5 Å². The van der Waals surface area contributed by atoms with E-state index in [1.54, 1.807) is 25.3 Å². The average Bonchev–Trinajstić information content (AvgIpc) is 3.05. The van der Waals surface area contributed by atoms with Gasteiger partial charge in [-0.2, -0.15) is 0 Å². The summed E-state index contributed by atoms with van der Waals surface area (Å²) < 4.78 is 11.0. The third kappa shape index (κ3) is 3.83. The molecule has 4 rings (SSSR count). The van der Waals surface area contributed by atoms with Crippen molar-refractivity contribution in [3.8, 4) is 11.5 Å². The Morgan fingerprint density at radius 3 is 2.25 bits per heavy atom. The van der Waals surface area contributed by atoms with Crippen LogP contribution >= 0.6 is 0 Å². The van der Waals surface area contributed by atoms with Gasteiger partial charge in [-0.25, -0.2) is 4.90 Å². The van der Waals surface area contributed by atoms with E-state index in [4.69, 9.17) is 9.47 Å². The molecule has 0 aliphatic carbocycles. The Bertz CT molecular complexity index is 1200. The van der Waals surface area contributed by atoms with Crippen molar-refractivity contribution in [3.63, 3.8) is 0 Å². The monoisotopic (exact) mass is 428 g/mol. The number of amides is 2. The molecule has 6 heteroatoms. The molecule has 3 aromatic rings. The van der Waals surface area contributed by atoms with E-state index in [1.807, 2.05) is 68.4 Å². The molecule has 1 N–H and O–H groups in total. The summed E-state index contributed by atoms with van der Waals surface area (Å²) in [4.78, 5) is 28.4.